The Labute approximate surface area is 170 Å². The lowest BCUT2D eigenvalue weighted by molar-refractivity contribution is 0.102. The summed E-state index contributed by atoms with van der Waals surface area (Å²) in [4.78, 5) is 17.5. The van der Waals surface area contributed by atoms with Gasteiger partial charge in [0.15, 0.2) is 16.8 Å². The average molecular weight is 437 g/mol. The summed E-state index contributed by atoms with van der Waals surface area (Å²) in [7, 11) is -3.60. The molecule has 0 unspecified atom stereocenters. The summed E-state index contributed by atoms with van der Waals surface area (Å²) >= 11 is 1.19. The van der Waals surface area contributed by atoms with Gasteiger partial charge in [-0.15, -0.1) is 11.3 Å². The van der Waals surface area contributed by atoms with Crippen LogP contribution in [0.15, 0.2) is 47.4 Å². The number of halogens is 2. The van der Waals surface area contributed by atoms with Crippen molar-refractivity contribution in [3.8, 4) is 11.3 Å². The number of thiazole rings is 1. The highest BCUT2D eigenvalue weighted by atomic mass is 32.2. The van der Waals surface area contributed by atoms with Crippen LogP contribution >= 0.6 is 11.3 Å². The fourth-order valence-corrected chi connectivity index (χ4v) is 4.46. The van der Waals surface area contributed by atoms with Gasteiger partial charge in [0.25, 0.3) is 5.91 Å². The largest absolute Gasteiger partial charge is 0.298 e. The molecule has 0 bridgehead atoms. The second-order valence-corrected chi connectivity index (χ2v) is 9.00. The number of aryl methyl sites for hydroxylation is 1. The Bertz CT molecular complexity index is 1160. The molecule has 3 rings (SSSR count). The number of hydrogen-bond acceptors (Lipinski definition) is 5. The van der Waals surface area contributed by atoms with Gasteiger partial charge in [-0.2, -0.15) is 0 Å². The number of aromatic nitrogens is 1. The molecule has 0 aliphatic rings. The van der Waals surface area contributed by atoms with Gasteiger partial charge in [-0.1, -0.05) is 6.92 Å². The molecule has 0 aliphatic carbocycles. The molecule has 2 aromatic carbocycles. The Balaban J connectivity index is 1.78. The van der Waals surface area contributed by atoms with Crippen LogP contribution in [0.2, 0.25) is 0 Å². The molecule has 152 valence electrons. The summed E-state index contributed by atoms with van der Waals surface area (Å²) in [5, 5.41) is 2.92. The van der Waals surface area contributed by atoms with Crippen LogP contribution in [0, 0.1) is 18.6 Å². The summed E-state index contributed by atoms with van der Waals surface area (Å²) in [5.41, 5.74) is 1.09. The first-order valence-corrected chi connectivity index (χ1v) is 10.8. The van der Waals surface area contributed by atoms with Crippen molar-refractivity contribution < 1.29 is 22.0 Å². The van der Waals surface area contributed by atoms with E-state index < -0.39 is 27.6 Å². The molecule has 0 saturated carbocycles. The van der Waals surface area contributed by atoms with E-state index in [0.29, 0.717) is 11.3 Å². The van der Waals surface area contributed by atoms with Gasteiger partial charge in [0.2, 0.25) is 10.0 Å². The lowest BCUT2D eigenvalue weighted by Gasteiger charge is -2.06. The second kappa shape index (κ2) is 8.36. The fraction of sp³-hybridized carbons (Fsp3) is 0.158. The van der Waals surface area contributed by atoms with Crippen LogP contribution in [0.3, 0.4) is 0 Å². The van der Waals surface area contributed by atoms with E-state index in [9.17, 15) is 22.0 Å². The van der Waals surface area contributed by atoms with E-state index in [1.54, 1.807) is 13.8 Å². The van der Waals surface area contributed by atoms with Gasteiger partial charge in [-0.3, -0.25) is 10.1 Å². The van der Waals surface area contributed by atoms with Crippen molar-refractivity contribution in [1.82, 2.24) is 9.71 Å². The summed E-state index contributed by atoms with van der Waals surface area (Å²) in [6.07, 6.45) is 0. The van der Waals surface area contributed by atoms with Crippen molar-refractivity contribution in [3.63, 3.8) is 0 Å². The van der Waals surface area contributed by atoms with Gasteiger partial charge >= 0.3 is 0 Å². The Morgan fingerprint density at radius 2 is 1.79 bits per heavy atom. The zero-order valence-corrected chi connectivity index (χ0v) is 17.1. The molecule has 0 fully saturated rings. The third-order valence-electron chi connectivity index (χ3n) is 3.97. The SMILES string of the molecule is CCNS(=O)(=O)c1ccc(C(=O)Nc2nc(-c3ccc(F)c(F)c3)c(C)s2)cc1. The van der Waals surface area contributed by atoms with Crippen LogP contribution < -0.4 is 10.0 Å². The van der Waals surface area contributed by atoms with E-state index in [4.69, 9.17) is 0 Å². The number of rotatable bonds is 6. The van der Waals surface area contributed by atoms with Crippen LogP contribution in [-0.2, 0) is 10.0 Å². The Morgan fingerprint density at radius 3 is 2.41 bits per heavy atom. The minimum absolute atomic E-state index is 0.0571. The topological polar surface area (TPSA) is 88.2 Å². The van der Waals surface area contributed by atoms with Crippen LogP contribution in [-0.4, -0.2) is 25.9 Å². The number of carbonyl (C=O) groups is 1. The predicted octanol–water partition coefficient (Wildman–Crippen LogP) is 3.95. The summed E-state index contributed by atoms with van der Waals surface area (Å²) in [6.45, 7) is 3.68. The molecular formula is C19H17F2N3O3S2. The first-order valence-electron chi connectivity index (χ1n) is 8.55. The molecule has 1 amide bonds. The fourth-order valence-electron chi connectivity index (χ4n) is 2.59. The average Bonchev–Trinajstić information content (AvgIpc) is 3.04. The van der Waals surface area contributed by atoms with Gasteiger partial charge in [-0.05, 0) is 49.4 Å². The minimum atomic E-state index is -3.60. The molecule has 0 atom stereocenters. The highest BCUT2D eigenvalue weighted by Gasteiger charge is 2.16. The number of sulfonamides is 1. The minimum Gasteiger partial charge on any atom is -0.298 e. The van der Waals surface area contributed by atoms with Gasteiger partial charge < -0.3 is 0 Å². The molecule has 0 radical (unpaired) electrons. The van der Waals surface area contributed by atoms with Gasteiger partial charge in [-0.25, -0.2) is 26.9 Å². The van der Waals surface area contributed by atoms with Crippen LogP contribution in [0.25, 0.3) is 11.3 Å². The molecule has 1 aromatic heterocycles. The molecular weight excluding hydrogens is 420 g/mol. The van der Waals surface area contributed by atoms with Gasteiger partial charge in [0.05, 0.1) is 10.6 Å². The Hall–Kier alpha value is -2.69. The van der Waals surface area contributed by atoms with E-state index in [1.165, 1.54) is 41.7 Å². The first kappa shape index (κ1) is 21.0. The van der Waals surface area contributed by atoms with Gasteiger partial charge in [0, 0.05) is 22.5 Å². The number of nitrogens with one attached hydrogen (secondary N) is 2. The normalized spacial score (nSPS) is 11.4. The zero-order valence-electron chi connectivity index (χ0n) is 15.5. The maximum atomic E-state index is 13.5. The van der Waals surface area contributed by atoms with E-state index in [1.807, 2.05) is 0 Å². The number of nitrogens with zero attached hydrogens (tertiary/aromatic N) is 1. The third kappa shape index (κ3) is 4.66. The summed E-state index contributed by atoms with van der Waals surface area (Å²) in [5.74, 6) is -2.40. The summed E-state index contributed by atoms with van der Waals surface area (Å²) in [6, 6.07) is 8.96. The zero-order chi connectivity index (χ0) is 21.2. The molecule has 0 saturated heterocycles. The molecule has 0 aliphatic heterocycles. The molecule has 3 aromatic rings. The molecule has 1 heterocycles. The van der Waals surface area contributed by atoms with Crippen LogP contribution in [0.5, 0.6) is 0 Å². The van der Waals surface area contributed by atoms with E-state index in [-0.39, 0.29) is 22.1 Å². The quantitative estimate of drug-likeness (QED) is 0.611. The van der Waals surface area contributed by atoms with Crippen LogP contribution in [0.1, 0.15) is 22.2 Å². The standard InChI is InChI=1S/C19H17F2N3O3S2/c1-3-22-29(26,27)14-7-4-12(5-8-14)18(25)24-19-23-17(11(2)28-19)13-6-9-15(20)16(21)10-13/h4-10,22H,3H2,1-2H3,(H,23,24,25). The molecule has 29 heavy (non-hydrogen) atoms. The van der Waals surface area contributed by atoms with E-state index >= 15 is 0 Å². The Kier molecular flexibility index (Phi) is 6.06. The first-order chi connectivity index (χ1) is 13.7. The maximum absolute atomic E-state index is 13.5. The van der Waals surface area contributed by atoms with Gasteiger partial charge in [0.1, 0.15) is 0 Å². The van der Waals surface area contributed by atoms with Crippen molar-refractivity contribution in [2.45, 2.75) is 18.7 Å². The lowest BCUT2D eigenvalue weighted by atomic mass is 10.1. The van der Waals surface area contributed by atoms with Crippen molar-refractivity contribution in [2.75, 3.05) is 11.9 Å². The number of hydrogen-bond donors (Lipinski definition) is 2. The van der Waals surface area contributed by atoms with E-state index in [2.05, 4.69) is 15.0 Å². The van der Waals surface area contributed by atoms with Crippen molar-refractivity contribution in [3.05, 3.63) is 64.5 Å². The third-order valence-corrected chi connectivity index (χ3v) is 6.42. The molecule has 10 heteroatoms. The van der Waals surface area contributed by atoms with Crippen LogP contribution in [0.4, 0.5) is 13.9 Å². The predicted molar refractivity (Wildman–Crippen MR) is 107 cm³/mol. The molecule has 2 N–H and O–H groups in total. The Morgan fingerprint density at radius 1 is 1.10 bits per heavy atom. The van der Waals surface area contributed by atoms with Crippen molar-refractivity contribution >= 4 is 32.4 Å². The molecule has 0 spiro atoms. The lowest BCUT2D eigenvalue weighted by Crippen LogP contribution is -2.23. The smallest absolute Gasteiger partial charge is 0.257 e. The number of anilines is 1. The number of benzene rings is 2. The van der Waals surface area contributed by atoms with Crippen molar-refractivity contribution in [2.24, 2.45) is 0 Å². The van der Waals surface area contributed by atoms with E-state index in [0.717, 1.165) is 17.0 Å². The second-order valence-electron chi connectivity index (χ2n) is 6.03. The highest BCUT2D eigenvalue weighted by molar-refractivity contribution is 7.89. The monoisotopic (exact) mass is 437 g/mol. The summed E-state index contributed by atoms with van der Waals surface area (Å²) < 4.78 is 52.9. The number of carbonyl (C=O) groups excluding carboxylic acids is 1. The maximum Gasteiger partial charge on any atom is 0.257 e. The van der Waals surface area contributed by atoms with Crippen molar-refractivity contribution in [1.29, 1.82) is 0 Å². The number of amides is 1. The molecule has 6 nitrogen and oxygen atoms in total. The highest BCUT2D eigenvalue weighted by Crippen LogP contribution is 2.31.